The van der Waals surface area contributed by atoms with Crippen molar-refractivity contribution in [1.29, 1.82) is 0 Å². The number of para-hydroxylation sites is 1. The Morgan fingerprint density at radius 1 is 1.19 bits per heavy atom. The highest BCUT2D eigenvalue weighted by Crippen LogP contribution is 2.52. The summed E-state index contributed by atoms with van der Waals surface area (Å²) in [6.07, 6.45) is 2.13. The van der Waals surface area contributed by atoms with E-state index in [-0.39, 0.29) is 24.3 Å². The van der Waals surface area contributed by atoms with Gasteiger partial charge in [-0.05, 0) is 56.6 Å². The first kappa shape index (κ1) is 25.4. The van der Waals surface area contributed by atoms with Gasteiger partial charge in [-0.3, -0.25) is 9.59 Å². The van der Waals surface area contributed by atoms with E-state index in [2.05, 4.69) is 10.2 Å². The highest BCUT2D eigenvalue weighted by Gasteiger charge is 2.61. The van der Waals surface area contributed by atoms with Gasteiger partial charge in [0.15, 0.2) is 0 Å². The summed E-state index contributed by atoms with van der Waals surface area (Å²) < 4.78 is 26.2. The van der Waals surface area contributed by atoms with Crippen molar-refractivity contribution in [3.8, 4) is 0 Å². The van der Waals surface area contributed by atoms with Crippen LogP contribution in [0.5, 0.6) is 0 Å². The van der Waals surface area contributed by atoms with Crippen LogP contribution in [-0.4, -0.2) is 34.8 Å². The maximum atomic E-state index is 15.2. The van der Waals surface area contributed by atoms with Gasteiger partial charge in [-0.25, -0.2) is 19.1 Å². The average molecular weight is 509 g/mol. The lowest BCUT2D eigenvalue weighted by atomic mass is 9.65. The van der Waals surface area contributed by atoms with E-state index in [4.69, 9.17) is 21.7 Å². The quantitative estimate of drug-likeness (QED) is 0.246. The first-order valence-electron chi connectivity index (χ1n) is 11.4. The molecule has 4 rings (SSSR count). The third-order valence-electron chi connectivity index (χ3n) is 6.12. The van der Waals surface area contributed by atoms with Gasteiger partial charge < -0.3 is 9.47 Å². The van der Waals surface area contributed by atoms with Crippen LogP contribution in [0.4, 0.5) is 14.9 Å². The molecule has 0 unspecified atom stereocenters. The van der Waals surface area contributed by atoms with Crippen LogP contribution >= 0.6 is 12.2 Å². The first-order valence-corrected chi connectivity index (χ1v) is 11.8. The number of hydrogen-bond donors (Lipinski definition) is 0. The number of nitrogens with zero attached hydrogens (tertiary/aromatic N) is 2. The standard InChI is InChI=1S/C27H25FN2O5S/c1-26(2,3)35-23(31)20-14-18(29-16-36)12-13-27(20)19-10-7-11-21(28)22(19)30(24(27)32)25(33)34-15-17-8-5-4-6-9-17/h4-13,18,20H,14-15H2,1-3H3/t18-,20-,27-/m0/s1. The number of isothiocyanates is 1. The lowest BCUT2D eigenvalue weighted by Gasteiger charge is -2.37. The molecular formula is C27H25FN2O5S. The smallest absolute Gasteiger partial charge is 0.421 e. The van der Waals surface area contributed by atoms with Crippen LogP contribution in [0.2, 0.25) is 0 Å². The largest absolute Gasteiger partial charge is 0.460 e. The van der Waals surface area contributed by atoms with Crippen molar-refractivity contribution >= 4 is 41.0 Å². The maximum absolute atomic E-state index is 15.2. The summed E-state index contributed by atoms with van der Waals surface area (Å²) in [6.45, 7) is 5.01. The second-order valence-corrected chi connectivity index (χ2v) is 9.84. The highest BCUT2D eigenvalue weighted by molar-refractivity contribution is 7.78. The van der Waals surface area contributed by atoms with Crippen molar-refractivity contribution in [1.82, 2.24) is 0 Å². The van der Waals surface area contributed by atoms with Gasteiger partial charge in [0, 0.05) is 0 Å². The summed E-state index contributed by atoms with van der Waals surface area (Å²) >= 11 is 4.72. The van der Waals surface area contributed by atoms with E-state index in [0.29, 0.717) is 10.5 Å². The molecule has 1 aliphatic heterocycles. The average Bonchev–Trinajstić information content (AvgIpc) is 3.08. The molecular weight excluding hydrogens is 483 g/mol. The van der Waals surface area contributed by atoms with Crippen molar-refractivity contribution in [3.63, 3.8) is 0 Å². The second kappa shape index (κ2) is 9.76. The zero-order valence-electron chi connectivity index (χ0n) is 20.1. The molecule has 36 heavy (non-hydrogen) atoms. The van der Waals surface area contributed by atoms with Crippen molar-refractivity contribution < 1.29 is 28.2 Å². The fourth-order valence-corrected chi connectivity index (χ4v) is 4.77. The van der Waals surface area contributed by atoms with E-state index >= 15 is 4.39 Å². The van der Waals surface area contributed by atoms with Crippen molar-refractivity contribution in [2.75, 3.05) is 4.90 Å². The molecule has 2 amide bonds. The van der Waals surface area contributed by atoms with Crippen molar-refractivity contribution in [3.05, 3.63) is 77.6 Å². The van der Waals surface area contributed by atoms with Gasteiger partial charge in [0.05, 0.1) is 22.8 Å². The minimum atomic E-state index is -1.68. The van der Waals surface area contributed by atoms with E-state index in [1.165, 1.54) is 18.2 Å². The Morgan fingerprint density at radius 3 is 2.58 bits per heavy atom. The number of esters is 1. The van der Waals surface area contributed by atoms with Crippen LogP contribution in [0.1, 0.15) is 38.3 Å². The number of carbonyl (C=O) groups excluding carboxylic acids is 3. The van der Waals surface area contributed by atoms with Crippen molar-refractivity contribution in [2.45, 2.75) is 50.9 Å². The lowest BCUT2D eigenvalue weighted by molar-refractivity contribution is -0.164. The van der Waals surface area contributed by atoms with Gasteiger partial charge in [-0.1, -0.05) is 54.6 Å². The molecule has 0 saturated carbocycles. The molecule has 0 bridgehead atoms. The molecule has 2 aromatic rings. The van der Waals surface area contributed by atoms with Gasteiger partial charge in [-0.2, -0.15) is 0 Å². The second-order valence-electron chi connectivity index (χ2n) is 9.65. The van der Waals surface area contributed by atoms with E-state index in [1.54, 1.807) is 51.1 Å². The van der Waals surface area contributed by atoms with Gasteiger partial charge in [0.1, 0.15) is 23.4 Å². The number of benzene rings is 2. The van der Waals surface area contributed by atoms with Gasteiger partial charge in [-0.15, -0.1) is 0 Å². The number of thiocarbonyl (C=S) groups is 1. The molecule has 0 N–H and O–H groups in total. The fraction of sp³-hybridized carbons (Fsp3) is 0.333. The number of carbonyl (C=O) groups is 3. The molecule has 0 saturated heterocycles. The zero-order chi connectivity index (χ0) is 26.1. The van der Waals surface area contributed by atoms with Crippen LogP contribution in [-0.2, 0) is 31.1 Å². The van der Waals surface area contributed by atoms with E-state index in [0.717, 1.165) is 6.07 Å². The molecule has 9 heteroatoms. The van der Waals surface area contributed by atoms with Crippen LogP contribution in [0, 0.1) is 11.7 Å². The summed E-state index contributed by atoms with van der Waals surface area (Å²) in [7, 11) is 0. The number of hydrogen-bond acceptors (Lipinski definition) is 7. The number of anilines is 1. The van der Waals surface area contributed by atoms with Crippen LogP contribution < -0.4 is 4.90 Å². The molecule has 7 nitrogen and oxygen atoms in total. The van der Waals surface area contributed by atoms with Crippen LogP contribution in [0.3, 0.4) is 0 Å². The third-order valence-corrected chi connectivity index (χ3v) is 6.22. The Balaban J connectivity index is 1.80. The first-order chi connectivity index (χ1) is 17.1. The summed E-state index contributed by atoms with van der Waals surface area (Å²) in [5.74, 6) is -3.35. The number of halogens is 1. The highest BCUT2D eigenvalue weighted by atomic mass is 32.1. The SMILES string of the molecule is CC(C)(C)OC(=O)[C@@H]1C[C@@H](N=C=S)C=C[C@@]12C(=O)N(C(=O)OCc1ccccc1)c1c(F)cccc12. The van der Waals surface area contributed by atoms with E-state index < -0.39 is 46.8 Å². The Hall–Kier alpha value is -3.68. The Bertz CT molecular complexity index is 1280. The molecule has 1 spiro atoms. The maximum Gasteiger partial charge on any atom is 0.421 e. The number of imide groups is 1. The molecule has 0 radical (unpaired) electrons. The summed E-state index contributed by atoms with van der Waals surface area (Å²) in [5, 5.41) is 2.30. The molecule has 0 aromatic heterocycles. The van der Waals surface area contributed by atoms with Gasteiger partial charge >= 0.3 is 12.1 Å². The number of rotatable bonds is 4. The van der Waals surface area contributed by atoms with Crippen LogP contribution in [0.25, 0.3) is 0 Å². The molecule has 3 atom stereocenters. The molecule has 186 valence electrons. The van der Waals surface area contributed by atoms with Crippen LogP contribution in [0.15, 0.2) is 65.7 Å². The number of amides is 2. The molecule has 2 aliphatic rings. The minimum absolute atomic E-state index is 0.0592. The van der Waals surface area contributed by atoms with Gasteiger partial charge in [0.25, 0.3) is 5.91 Å². The molecule has 1 heterocycles. The number of ether oxygens (including phenoxy) is 2. The molecule has 2 aromatic carbocycles. The Labute approximate surface area is 213 Å². The van der Waals surface area contributed by atoms with Crippen molar-refractivity contribution in [2.24, 2.45) is 10.9 Å². The third kappa shape index (κ3) is 4.59. The summed E-state index contributed by atoms with van der Waals surface area (Å²) in [5.41, 5.74) is -1.88. The monoisotopic (exact) mass is 508 g/mol. The summed E-state index contributed by atoms with van der Waals surface area (Å²) in [4.78, 5) is 45.4. The predicted octanol–water partition coefficient (Wildman–Crippen LogP) is 5.14. The fourth-order valence-electron chi connectivity index (χ4n) is 4.64. The predicted molar refractivity (Wildman–Crippen MR) is 134 cm³/mol. The normalized spacial score (nSPS) is 22.7. The number of aliphatic imine (C=N–C) groups is 1. The Kier molecular flexibility index (Phi) is 6.89. The molecule has 0 fully saturated rings. The molecule has 1 aliphatic carbocycles. The zero-order valence-corrected chi connectivity index (χ0v) is 20.9. The minimum Gasteiger partial charge on any atom is -0.460 e. The van der Waals surface area contributed by atoms with E-state index in [1.807, 2.05) is 6.07 Å². The topological polar surface area (TPSA) is 85.3 Å². The van der Waals surface area contributed by atoms with E-state index in [9.17, 15) is 14.4 Å². The number of fused-ring (bicyclic) bond motifs is 2. The lowest BCUT2D eigenvalue weighted by Crippen LogP contribution is -2.52. The Morgan fingerprint density at radius 2 is 1.92 bits per heavy atom. The van der Waals surface area contributed by atoms with Gasteiger partial charge in [0.2, 0.25) is 0 Å². The summed E-state index contributed by atoms with van der Waals surface area (Å²) in [6, 6.07) is 12.5.